The fraction of sp³-hybridized carbons (Fsp3) is 0.958. The Kier molecular flexibility index (Phi) is 52.8. The minimum atomic E-state index is -0.667. The average Bonchev–Trinajstić information content (AvgIpc) is 3.20. The van der Waals surface area contributed by atoms with Crippen molar-refractivity contribution in [3.63, 3.8) is 0 Å². The first kappa shape index (κ1) is 63.3. The molecule has 0 spiro atoms. The number of carboxylic acids is 2. The highest BCUT2D eigenvalue weighted by Crippen LogP contribution is 2.20. The Balaban J connectivity index is -0.000000358. The number of aliphatic hydroxyl groups is 6. The second-order valence-corrected chi connectivity index (χ2v) is 17.8. The van der Waals surface area contributed by atoms with Gasteiger partial charge in [-0.05, 0) is 37.5 Å². The summed E-state index contributed by atoms with van der Waals surface area (Å²) in [6.45, 7) is 11.9. The monoisotopic (exact) mass is 837 g/mol. The Labute approximate surface area is 358 Å². The lowest BCUT2D eigenvalue weighted by Crippen LogP contribution is -2.32. The molecule has 8 N–H and O–H groups in total. The van der Waals surface area contributed by atoms with Crippen LogP contribution < -0.4 is 0 Å². The van der Waals surface area contributed by atoms with E-state index >= 15 is 0 Å². The molecule has 0 aliphatic carbocycles. The minimum absolute atomic E-state index is 0.156. The van der Waals surface area contributed by atoms with Gasteiger partial charge in [-0.15, -0.1) is 0 Å². The van der Waals surface area contributed by atoms with Gasteiger partial charge in [0.05, 0.1) is 39.6 Å². The van der Waals surface area contributed by atoms with Crippen molar-refractivity contribution < 1.29 is 50.4 Å². The number of carboxylic acid groups (broad SMARTS) is 2. The first-order chi connectivity index (χ1) is 27.7. The molecule has 0 atom stereocenters. The molecule has 58 heavy (non-hydrogen) atoms. The summed E-state index contributed by atoms with van der Waals surface area (Å²) in [7, 11) is 0. The maximum atomic E-state index is 10.3. The molecule has 0 saturated heterocycles. The van der Waals surface area contributed by atoms with Crippen LogP contribution in [0.1, 0.15) is 234 Å². The van der Waals surface area contributed by atoms with E-state index in [0.29, 0.717) is 25.7 Å². The number of rotatable bonds is 38. The van der Waals surface area contributed by atoms with Crippen LogP contribution in [0.4, 0.5) is 0 Å². The molecular formula is C48H100O10. The van der Waals surface area contributed by atoms with Crippen molar-refractivity contribution in [2.24, 2.45) is 22.7 Å². The molecule has 0 saturated carbocycles. The zero-order valence-electron chi connectivity index (χ0n) is 39.0. The molecule has 0 fully saturated rings. The van der Waals surface area contributed by atoms with Crippen LogP contribution in [0.2, 0.25) is 0 Å². The van der Waals surface area contributed by atoms with E-state index in [1.54, 1.807) is 0 Å². The molecule has 0 bridgehead atoms. The zero-order valence-corrected chi connectivity index (χ0v) is 39.0. The molecule has 10 heteroatoms. The molecular weight excluding hydrogens is 737 g/mol. The Morgan fingerprint density at radius 1 is 0.345 bits per heavy atom. The Hall–Kier alpha value is -1.30. The van der Waals surface area contributed by atoms with Gasteiger partial charge >= 0.3 is 11.9 Å². The third kappa shape index (κ3) is 49.1. The fourth-order valence-corrected chi connectivity index (χ4v) is 6.16. The van der Waals surface area contributed by atoms with E-state index in [4.69, 9.17) is 40.9 Å². The van der Waals surface area contributed by atoms with E-state index in [-0.39, 0.29) is 39.6 Å². The maximum absolute atomic E-state index is 10.3. The van der Waals surface area contributed by atoms with Gasteiger partial charge < -0.3 is 40.9 Å². The zero-order chi connectivity index (χ0) is 44.8. The lowest BCUT2D eigenvalue weighted by Gasteiger charge is -2.24. The molecule has 10 nitrogen and oxygen atoms in total. The first-order valence-corrected chi connectivity index (χ1v) is 23.8. The lowest BCUT2D eigenvalue weighted by atomic mass is 9.88. The summed E-state index contributed by atoms with van der Waals surface area (Å²) in [4.78, 5) is 20.7. The highest BCUT2D eigenvalue weighted by Gasteiger charge is 2.25. The van der Waals surface area contributed by atoms with Gasteiger partial charge in [0.2, 0.25) is 0 Å². The van der Waals surface area contributed by atoms with Crippen molar-refractivity contribution in [2.75, 3.05) is 39.6 Å². The molecule has 0 aliphatic heterocycles. The fourth-order valence-electron chi connectivity index (χ4n) is 6.16. The normalized spacial score (nSPS) is 11.4. The van der Waals surface area contributed by atoms with Gasteiger partial charge in [-0.2, -0.15) is 0 Å². The number of carbonyl (C=O) groups is 2. The molecule has 0 amide bonds. The van der Waals surface area contributed by atoms with Crippen LogP contribution in [0.5, 0.6) is 0 Å². The van der Waals surface area contributed by atoms with E-state index in [1.165, 1.54) is 141 Å². The summed E-state index contributed by atoms with van der Waals surface area (Å²) in [5, 5.41) is 69.0. The van der Waals surface area contributed by atoms with Gasteiger partial charge in [0.1, 0.15) is 0 Å². The predicted octanol–water partition coefficient (Wildman–Crippen LogP) is 11.1. The van der Waals surface area contributed by atoms with Gasteiger partial charge in [0, 0.05) is 23.7 Å². The van der Waals surface area contributed by atoms with Crippen LogP contribution >= 0.6 is 0 Å². The van der Waals surface area contributed by atoms with Crippen LogP contribution in [0.25, 0.3) is 0 Å². The summed E-state index contributed by atoms with van der Waals surface area (Å²) in [5.74, 6) is 0.424. The van der Waals surface area contributed by atoms with Gasteiger partial charge in [0.25, 0.3) is 0 Å². The van der Waals surface area contributed by atoms with Gasteiger partial charge in [-0.25, -0.2) is 0 Å². The van der Waals surface area contributed by atoms with E-state index in [2.05, 4.69) is 27.7 Å². The second-order valence-electron chi connectivity index (χ2n) is 17.8. The lowest BCUT2D eigenvalue weighted by molar-refractivity contribution is -0.138. The summed E-state index contributed by atoms with van der Waals surface area (Å²) >= 11 is 0. The van der Waals surface area contributed by atoms with Crippen molar-refractivity contribution in [2.45, 2.75) is 234 Å². The maximum Gasteiger partial charge on any atom is 0.303 e. The Bertz CT molecular complexity index is 711. The molecule has 0 aromatic heterocycles. The van der Waals surface area contributed by atoms with E-state index < -0.39 is 22.8 Å². The number of hydrogen-bond acceptors (Lipinski definition) is 8. The van der Waals surface area contributed by atoms with Gasteiger partial charge in [-0.3, -0.25) is 9.59 Å². The molecule has 0 radical (unpaired) electrons. The molecule has 0 unspecified atom stereocenters. The number of hydrogen-bond donors (Lipinski definition) is 8. The summed E-state index contributed by atoms with van der Waals surface area (Å²) in [6.07, 6.45) is 35.8. The molecule has 0 aliphatic rings. The quantitative estimate of drug-likeness (QED) is 0.0277. The van der Waals surface area contributed by atoms with Crippen molar-refractivity contribution in [3.8, 4) is 0 Å². The Morgan fingerprint density at radius 2 is 0.517 bits per heavy atom. The Morgan fingerprint density at radius 3 is 0.638 bits per heavy atom. The van der Waals surface area contributed by atoms with Crippen LogP contribution in [0.15, 0.2) is 0 Å². The van der Waals surface area contributed by atoms with Gasteiger partial charge in [-0.1, -0.05) is 196 Å². The molecule has 0 rings (SSSR count). The van der Waals surface area contributed by atoms with Crippen molar-refractivity contribution >= 4 is 11.9 Å². The first-order valence-electron chi connectivity index (χ1n) is 23.8. The number of aliphatic hydroxyl groups excluding tert-OH is 6. The topological polar surface area (TPSA) is 196 Å². The summed E-state index contributed by atoms with van der Waals surface area (Å²) < 4.78 is 0. The standard InChI is InChI=1S/2C18H36O2.2C6H14O3/c2*1-17(2)15-13-11-9-7-5-3-4-6-8-10-12-14-16-18(19)20;2*1-2-6(3-7,4-8)5-9/h2*17H,3-16H2,1-2H3,(H,19,20);2*7-9H,2-5H2,1H3. The van der Waals surface area contributed by atoms with Crippen molar-refractivity contribution in [1.29, 1.82) is 0 Å². The third-order valence-corrected chi connectivity index (χ3v) is 11.4. The van der Waals surface area contributed by atoms with E-state index in [1.807, 2.05) is 13.8 Å². The highest BCUT2D eigenvalue weighted by molar-refractivity contribution is 5.66. The largest absolute Gasteiger partial charge is 0.481 e. The predicted molar refractivity (Wildman–Crippen MR) is 242 cm³/mol. The van der Waals surface area contributed by atoms with Crippen molar-refractivity contribution in [3.05, 3.63) is 0 Å². The SMILES string of the molecule is CC(C)CCCCCCCCCCCCCCC(=O)O.CC(C)CCCCCCCCCCCCCCC(=O)O.CCC(CO)(CO)CO.CCC(CO)(CO)CO. The minimum Gasteiger partial charge on any atom is -0.481 e. The molecule has 0 heterocycles. The second kappa shape index (κ2) is 48.4. The molecule has 0 aromatic rings. The number of aliphatic carboxylic acids is 2. The average molecular weight is 837 g/mol. The highest BCUT2D eigenvalue weighted by atomic mass is 16.4. The van der Waals surface area contributed by atoms with Crippen LogP contribution in [0.3, 0.4) is 0 Å². The van der Waals surface area contributed by atoms with Crippen LogP contribution in [-0.4, -0.2) is 92.4 Å². The van der Waals surface area contributed by atoms with Crippen LogP contribution in [-0.2, 0) is 9.59 Å². The van der Waals surface area contributed by atoms with Crippen LogP contribution in [0, 0.1) is 22.7 Å². The van der Waals surface area contributed by atoms with E-state index in [9.17, 15) is 9.59 Å². The van der Waals surface area contributed by atoms with Gasteiger partial charge in [0.15, 0.2) is 0 Å². The summed E-state index contributed by atoms with van der Waals surface area (Å²) in [6, 6.07) is 0. The number of unbranched alkanes of at least 4 members (excludes halogenated alkanes) is 22. The van der Waals surface area contributed by atoms with Crippen molar-refractivity contribution in [1.82, 2.24) is 0 Å². The van der Waals surface area contributed by atoms with E-state index in [0.717, 1.165) is 37.5 Å². The summed E-state index contributed by atoms with van der Waals surface area (Å²) in [5.41, 5.74) is -1.33. The molecule has 352 valence electrons. The third-order valence-electron chi connectivity index (χ3n) is 11.4. The smallest absolute Gasteiger partial charge is 0.303 e. The molecule has 0 aromatic carbocycles.